The topological polar surface area (TPSA) is 73.3 Å². The van der Waals surface area contributed by atoms with Crippen molar-refractivity contribution in [3.8, 4) is 11.3 Å². The maximum Gasteiger partial charge on any atom is 0.420 e. The van der Waals surface area contributed by atoms with E-state index in [4.69, 9.17) is 4.42 Å². The van der Waals surface area contributed by atoms with Crippen molar-refractivity contribution in [2.75, 3.05) is 6.54 Å². The molecule has 0 spiro atoms. The van der Waals surface area contributed by atoms with Crippen LogP contribution < -0.4 is 5.76 Å². The Hall–Kier alpha value is -3.89. The number of hydrogen-bond donors (Lipinski definition) is 0. The first-order valence-corrected chi connectivity index (χ1v) is 10.5. The van der Waals surface area contributed by atoms with Gasteiger partial charge in [0.05, 0.1) is 17.8 Å². The third kappa shape index (κ3) is 3.97. The molecule has 0 fully saturated rings. The van der Waals surface area contributed by atoms with E-state index in [1.54, 1.807) is 6.20 Å². The zero-order chi connectivity index (χ0) is 24.0. The number of rotatable bonds is 3. The van der Waals surface area contributed by atoms with Gasteiger partial charge in [0.25, 0.3) is 0 Å². The van der Waals surface area contributed by atoms with E-state index in [1.807, 2.05) is 4.57 Å². The van der Waals surface area contributed by atoms with E-state index in [9.17, 15) is 27.2 Å². The molecular formula is C23H18F4N4O3. The number of oxazole rings is 1. The number of hydrogen-bond acceptors (Lipinski definition) is 4. The normalized spacial score (nSPS) is 14.3. The number of alkyl halides is 3. The maximum absolute atomic E-state index is 14.2. The lowest BCUT2D eigenvalue weighted by molar-refractivity contribution is -0.137. The first-order valence-electron chi connectivity index (χ1n) is 10.5. The fourth-order valence-electron chi connectivity index (χ4n) is 4.10. The van der Waals surface area contributed by atoms with Crippen LogP contribution in [0, 0.1) is 5.82 Å². The quantitative estimate of drug-likeness (QED) is 0.420. The standard InChI is InChI=1S/C23H18F4N4O3/c24-16-3-1-4-18-21(16)31(22(33)34-18)13-20(32)30-10-2-9-29-11-17(28-19(29)12-30)14-5-7-15(8-6-14)23(25,26)27/h1,3-8,11H,2,9-10,12-13H2. The second kappa shape index (κ2) is 8.15. The lowest BCUT2D eigenvalue weighted by atomic mass is 10.1. The van der Waals surface area contributed by atoms with Crippen LogP contribution in [0.5, 0.6) is 0 Å². The molecule has 176 valence electrons. The molecule has 2 aromatic carbocycles. The summed E-state index contributed by atoms with van der Waals surface area (Å²) in [5, 5.41) is 0. The Morgan fingerprint density at radius 2 is 1.85 bits per heavy atom. The molecule has 2 aromatic heterocycles. The van der Waals surface area contributed by atoms with Gasteiger partial charge in [-0.15, -0.1) is 0 Å². The molecule has 5 rings (SSSR count). The van der Waals surface area contributed by atoms with Crippen molar-refractivity contribution in [3.63, 3.8) is 0 Å². The molecule has 3 heterocycles. The molecule has 0 N–H and O–H groups in total. The molecule has 0 unspecified atom stereocenters. The van der Waals surface area contributed by atoms with Gasteiger partial charge in [-0.1, -0.05) is 18.2 Å². The van der Waals surface area contributed by atoms with Gasteiger partial charge in [-0.05, 0) is 30.7 Å². The average molecular weight is 474 g/mol. The van der Waals surface area contributed by atoms with Crippen LogP contribution in [0.3, 0.4) is 0 Å². The third-order valence-electron chi connectivity index (χ3n) is 5.81. The fourth-order valence-corrected chi connectivity index (χ4v) is 4.10. The van der Waals surface area contributed by atoms with Gasteiger partial charge in [-0.3, -0.25) is 9.36 Å². The summed E-state index contributed by atoms with van der Waals surface area (Å²) in [6, 6.07) is 8.77. The Labute approximate surface area is 189 Å². The average Bonchev–Trinajstić information content (AvgIpc) is 3.27. The number of imidazole rings is 1. The van der Waals surface area contributed by atoms with Crippen molar-refractivity contribution < 1.29 is 26.8 Å². The lowest BCUT2D eigenvalue weighted by Crippen LogP contribution is -2.35. The molecule has 0 bridgehead atoms. The summed E-state index contributed by atoms with van der Waals surface area (Å²) in [4.78, 5) is 31.2. The molecule has 1 amide bonds. The second-order valence-electron chi connectivity index (χ2n) is 8.02. The zero-order valence-corrected chi connectivity index (χ0v) is 17.7. The number of nitrogens with zero attached hydrogens (tertiary/aromatic N) is 4. The Bertz CT molecular complexity index is 1430. The highest BCUT2D eigenvalue weighted by Gasteiger charge is 2.30. The van der Waals surface area contributed by atoms with Crippen molar-refractivity contribution in [2.45, 2.75) is 32.2 Å². The molecule has 0 saturated heterocycles. The lowest BCUT2D eigenvalue weighted by Gasteiger charge is -2.19. The number of carbonyl (C=O) groups is 1. The predicted molar refractivity (Wildman–Crippen MR) is 113 cm³/mol. The number of aryl methyl sites for hydroxylation is 1. The van der Waals surface area contributed by atoms with E-state index in [-0.39, 0.29) is 24.2 Å². The van der Waals surface area contributed by atoms with Crippen molar-refractivity contribution in [3.05, 3.63) is 76.4 Å². The van der Waals surface area contributed by atoms with Crippen LogP contribution in [-0.4, -0.2) is 31.5 Å². The van der Waals surface area contributed by atoms with Gasteiger partial charge in [0.1, 0.15) is 17.9 Å². The molecule has 0 radical (unpaired) electrons. The molecule has 0 aliphatic carbocycles. The monoisotopic (exact) mass is 474 g/mol. The van der Waals surface area contributed by atoms with Crippen molar-refractivity contribution >= 4 is 17.0 Å². The minimum Gasteiger partial charge on any atom is -0.408 e. The molecule has 1 aliphatic heterocycles. The Balaban J connectivity index is 1.37. The van der Waals surface area contributed by atoms with Crippen LogP contribution in [0.15, 0.2) is 57.9 Å². The second-order valence-corrected chi connectivity index (χ2v) is 8.02. The first kappa shape index (κ1) is 21.9. The number of halogens is 4. The van der Waals surface area contributed by atoms with Crippen LogP contribution in [0.25, 0.3) is 22.4 Å². The van der Waals surface area contributed by atoms with Gasteiger partial charge in [0.2, 0.25) is 5.91 Å². The van der Waals surface area contributed by atoms with Gasteiger partial charge in [-0.25, -0.2) is 14.2 Å². The number of amides is 1. The molecular weight excluding hydrogens is 456 g/mol. The Kier molecular flexibility index (Phi) is 5.26. The van der Waals surface area contributed by atoms with Crippen molar-refractivity contribution in [2.24, 2.45) is 0 Å². The summed E-state index contributed by atoms with van der Waals surface area (Å²) in [5.41, 5.74) is 0.273. The molecule has 0 saturated carbocycles. The largest absolute Gasteiger partial charge is 0.420 e. The molecule has 1 aliphatic rings. The third-order valence-corrected chi connectivity index (χ3v) is 5.81. The van der Waals surface area contributed by atoms with Crippen molar-refractivity contribution in [1.82, 2.24) is 19.0 Å². The molecule has 4 aromatic rings. The molecule has 7 nitrogen and oxygen atoms in total. The van der Waals surface area contributed by atoms with Gasteiger partial charge in [0.15, 0.2) is 11.4 Å². The summed E-state index contributed by atoms with van der Waals surface area (Å²) < 4.78 is 60.6. The number of fused-ring (bicyclic) bond motifs is 2. The van der Waals surface area contributed by atoms with E-state index in [2.05, 4.69) is 4.98 Å². The number of benzene rings is 2. The number of aromatic nitrogens is 3. The van der Waals surface area contributed by atoms with Gasteiger partial charge in [0, 0.05) is 24.8 Å². The maximum atomic E-state index is 14.2. The van der Waals surface area contributed by atoms with Gasteiger partial charge < -0.3 is 13.9 Å². The minimum atomic E-state index is -4.42. The van der Waals surface area contributed by atoms with Gasteiger partial charge >= 0.3 is 11.9 Å². The summed E-state index contributed by atoms with van der Waals surface area (Å²) >= 11 is 0. The van der Waals surface area contributed by atoms with E-state index in [1.165, 1.54) is 35.2 Å². The SMILES string of the molecule is O=C(Cn1c(=O)oc2cccc(F)c21)N1CCCn2cc(-c3ccc(C(F)(F)F)cc3)nc2C1. The minimum absolute atomic E-state index is 0.0605. The summed E-state index contributed by atoms with van der Waals surface area (Å²) in [7, 11) is 0. The summed E-state index contributed by atoms with van der Waals surface area (Å²) in [5.74, 6) is -1.32. The molecule has 11 heteroatoms. The van der Waals surface area contributed by atoms with E-state index in [0.717, 1.165) is 16.7 Å². The van der Waals surface area contributed by atoms with E-state index in [0.29, 0.717) is 36.6 Å². The van der Waals surface area contributed by atoms with Crippen LogP contribution in [0.2, 0.25) is 0 Å². The van der Waals surface area contributed by atoms with E-state index >= 15 is 0 Å². The van der Waals surface area contributed by atoms with Crippen LogP contribution >= 0.6 is 0 Å². The van der Waals surface area contributed by atoms with Crippen LogP contribution in [0.1, 0.15) is 17.8 Å². The van der Waals surface area contributed by atoms with Crippen LogP contribution in [-0.2, 0) is 30.6 Å². The highest BCUT2D eigenvalue weighted by molar-refractivity contribution is 5.80. The molecule has 34 heavy (non-hydrogen) atoms. The summed E-state index contributed by atoms with van der Waals surface area (Å²) in [6.07, 6.45) is -2.07. The van der Waals surface area contributed by atoms with Crippen molar-refractivity contribution in [1.29, 1.82) is 0 Å². The first-order chi connectivity index (χ1) is 16.2. The zero-order valence-electron chi connectivity index (χ0n) is 17.7. The van der Waals surface area contributed by atoms with Crippen LogP contribution in [0.4, 0.5) is 17.6 Å². The fraction of sp³-hybridized carbons (Fsp3) is 0.261. The predicted octanol–water partition coefficient (Wildman–Crippen LogP) is 4.05. The highest BCUT2D eigenvalue weighted by Crippen LogP contribution is 2.31. The molecule has 0 atom stereocenters. The summed E-state index contributed by atoms with van der Waals surface area (Å²) in [6.45, 7) is 0.729. The Morgan fingerprint density at radius 1 is 1.09 bits per heavy atom. The number of para-hydroxylation sites is 1. The number of carbonyl (C=O) groups excluding carboxylic acids is 1. The highest BCUT2D eigenvalue weighted by atomic mass is 19.4. The smallest absolute Gasteiger partial charge is 0.408 e. The van der Waals surface area contributed by atoms with E-state index < -0.39 is 29.2 Å². The van der Waals surface area contributed by atoms with Gasteiger partial charge in [-0.2, -0.15) is 13.2 Å². The Morgan fingerprint density at radius 3 is 2.59 bits per heavy atom.